The molecule has 1 unspecified atom stereocenters. The molecule has 1 aromatic carbocycles. The Kier molecular flexibility index (Phi) is 6.06. The molecule has 0 aromatic heterocycles. The zero-order valence-corrected chi connectivity index (χ0v) is 14.3. The summed E-state index contributed by atoms with van der Waals surface area (Å²) in [4.78, 5) is -0.889. The number of hydrogen-bond acceptors (Lipinski definition) is 3. The van der Waals surface area contributed by atoms with Crippen LogP contribution < -0.4 is 4.72 Å². The van der Waals surface area contributed by atoms with Crippen molar-refractivity contribution in [3.8, 4) is 0 Å². The van der Waals surface area contributed by atoms with E-state index in [0.717, 1.165) is 16.7 Å². The minimum Gasteiger partial charge on any atom is -0.384 e. The van der Waals surface area contributed by atoms with Gasteiger partial charge in [-0.15, -0.1) is 23.2 Å². The van der Waals surface area contributed by atoms with Crippen LogP contribution in [-0.2, 0) is 15.9 Å². The number of halogens is 2. The zero-order valence-electron chi connectivity index (χ0n) is 12.0. The lowest BCUT2D eigenvalue weighted by atomic mass is 9.87. The second-order valence-corrected chi connectivity index (χ2v) is 7.67. The van der Waals surface area contributed by atoms with E-state index in [1.807, 2.05) is 25.5 Å². The largest absolute Gasteiger partial charge is 0.384 e. The van der Waals surface area contributed by atoms with Gasteiger partial charge in [0.15, 0.2) is 0 Å². The molecule has 120 valence electrons. The molecule has 1 rings (SSSR count). The molecule has 21 heavy (non-hydrogen) atoms. The fourth-order valence-electron chi connectivity index (χ4n) is 2.06. The van der Waals surface area contributed by atoms with Crippen LogP contribution in [0.4, 0.5) is 0 Å². The normalized spacial score (nSPS) is 15.2. The highest BCUT2D eigenvalue weighted by Gasteiger charge is 2.33. The van der Waals surface area contributed by atoms with Gasteiger partial charge in [0, 0.05) is 13.0 Å². The van der Waals surface area contributed by atoms with Crippen molar-refractivity contribution in [1.29, 1.82) is 0 Å². The third-order valence-electron chi connectivity index (χ3n) is 3.50. The molecule has 1 aromatic rings. The quantitative estimate of drug-likeness (QED) is 0.540. The molecule has 3 N–H and O–H groups in total. The van der Waals surface area contributed by atoms with Crippen LogP contribution in [0.15, 0.2) is 12.1 Å². The first kappa shape index (κ1) is 18.7. The average molecular weight is 356 g/mol. The minimum absolute atomic E-state index is 0.0828. The molecular weight excluding hydrogens is 337 g/mol. The van der Waals surface area contributed by atoms with E-state index in [1.54, 1.807) is 12.1 Å². The van der Waals surface area contributed by atoms with Crippen LogP contribution in [0.2, 0.25) is 0 Å². The first-order chi connectivity index (χ1) is 9.44. The fourth-order valence-corrected chi connectivity index (χ4v) is 2.99. The zero-order chi connectivity index (χ0) is 16.4. The maximum absolute atomic E-state index is 10.9. The van der Waals surface area contributed by atoms with E-state index in [4.69, 9.17) is 27.8 Å². The number of benzene rings is 1. The predicted molar refractivity (Wildman–Crippen MR) is 84.2 cm³/mol. The third kappa shape index (κ3) is 5.39. The van der Waals surface area contributed by atoms with Crippen LogP contribution >= 0.6 is 23.2 Å². The van der Waals surface area contributed by atoms with Gasteiger partial charge in [-0.2, -0.15) is 13.1 Å². The lowest BCUT2D eigenvalue weighted by Gasteiger charge is -2.30. The van der Waals surface area contributed by atoms with E-state index < -0.39 is 27.3 Å². The van der Waals surface area contributed by atoms with Gasteiger partial charge in [0.2, 0.25) is 0 Å². The number of rotatable bonds is 6. The SMILES string of the molecule is Cc1cc(C(O)(CNS(=O)(=O)O)CC(Cl)Cl)cc(C)c1C. The Morgan fingerprint density at radius 1 is 1.24 bits per heavy atom. The minimum atomic E-state index is -4.43. The molecule has 8 heteroatoms. The lowest BCUT2D eigenvalue weighted by Crippen LogP contribution is -2.41. The van der Waals surface area contributed by atoms with E-state index in [2.05, 4.69) is 0 Å². The molecule has 0 saturated carbocycles. The molecule has 0 aliphatic heterocycles. The van der Waals surface area contributed by atoms with Gasteiger partial charge >= 0.3 is 10.3 Å². The highest BCUT2D eigenvalue weighted by Crippen LogP contribution is 2.31. The molecule has 0 bridgehead atoms. The van der Waals surface area contributed by atoms with Gasteiger partial charge in [0.05, 0.1) is 0 Å². The number of nitrogens with one attached hydrogen (secondary N) is 1. The number of aryl methyl sites for hydroxylation is 2. The molecule has 0 aliphatic carbocycles. The van der Waals surface area contributed by atoms with Crippen LogP contribution in [0, 0.1) is 20.8 Å². The van der Waals surface area contributed by atoms with Crippen LogP contribution in [-0.4, -0.2) is 29.5 Å². The Morgan fingerprint density at radius 2 is 1.71 bits per heavy atom. The summed E-state index contributed by atoms with van der Waals surface area (Å²) in [5, 5.41) is 10.7. The topological polar surface area (TPSA) is 86.6 Å². The molecule has 0 spiro atoms. The van der Waals surface area contributed by atoms with E-state index in [0.29, 0.717) is 5.56 Å². The van der Waals surface area contributed by atoms with Gasteiger partial charge in [0.1, 0.15) is 10.4 Å². The second kappa shape index (κ2) is 6.81. The summed E-state index contributed by atoms with van der Waals surface area (Å²) < 4.78 is 32.4. The van der Waals surface area contributed by atoms with Gasteiger partial charge in [0.25, 0.3) is 0 Å². The van der Waals surface area contributed by atoms with Crippen molar-refractivity contribution < 1.29 is 18.1 Å². The molecule has 0 saturated heterocycles. The maximum Gasteiger partial charge on any atom is 0.333 e. The van der Waals surface area contributed by atoms with Crippen molar-refractivity contribution in [3.05, 3.63) is 34.4 Å². The summed E-state index contributed by atoms with van der Waals surface area (Å²) in [6, 6.07) is 3.51. The molecule has 0 radical (unpaired) electrons. The lowest BCUT2D eigenvalue weighted by molar-refractivity contribution is 0.0359. The van der Waals surface area contributed by atoms with Crippen LogP contribution in [0.1, 0.15) is 28.7 Å². The Hall–Kier alpha value is -0.370. The summed E-state index contributed by atoms with van der Waals surface area (Å²) >= 11 is 11.5. The van der Waals surface area contributed by atoms with Crippen molar-refractivity contribution in [2.45, 2.75) is 37.6 Å². The first-order valence-electron chi connectivity index (χ1n) is 6.25. The summed E-state index contributed by atoms with van der Waals surface area (Å²) in [6.45, 7) is 5.31. The average Bonchev–Trinajstić information content (AvgIpc) is 2.31. The van der Waals surface area contributed by atoms with Crippen LogP contribution in [0.25, 0.3) is 0 Å². The number of hydrogen-bond donors (Lipinski definition) is 3. The summed E-state index contributed by atoms with van der Waals surface area (Å²) in [6.07, 6.45) is -0.0828. The van der Waals surface area contributed by atoms with Crippen LogP contribution in [0.3, 0.4) is 0 Å². The molecule has 0 fully saturated rings. The van der Waals surface area contributed by atoms with E-state index in [-0.39, 0.29) is 6.42 Å². The highest BCUT2D eigenvalue weighted by molar-refractivity contribution is 7.83. The molecule has 0 amide bonds. The first-order valence-corrected chi connectivity index (χ1v) is 8.57. The Labute approximate surface area is 135 Å². The summed E-state index contributed by atoms with van der Waals surface area (Å²) in [5.74, 6) is 0. The van der Waals surface area contributed by atoms with E-state index in [1.165, 1.54) is 0 Å². The van der Waals surface area contributed by atoms with Crippen LogP contribution in [0.5, 0.6) is 0 Å². The third-order valence-corrected chi connectivity index (χ3v) is 4.32. The number of alkyl halides is 2. The number of aliphatic hydroxyl groups is 1. The Balaban J connectivity index is 3.24. The van der Waals surface area contributed by atoms with Gasteiger partial charge in [-0.1, -0.05) is 12.1 Å². The molecule has 0 heterocycles. The van der Waals surface area contributed by atoms with Crippen molar-refractivity contribution in [2.24, 2.45) is 0 Å². The predicted octanol–water partition coefficient (Wildman–Crippen LogP) is 2.39. The molecular formula is C13H19Cl2NO4S. The maximum atomic E-state index is 10.9. The van der Waals surface area contributed by atoms with Gasteiger partial charge in [-0.3, -0.25) is 4.55 Å². The second-order valence-electron chi connectivity index (χ2n) is 5.16. The van der Waals surface area contributed by atoms with Gasteiger partial charge in [-0.25, -0.2) is 0 Å². The van der Waals surface area contributed by atoms with Gasteiger partial charge < -0.3 is 5.11 Å². The Bertz CT molecular complexity index is 596. The fraction of sp³-hybridized carbons (Fsp3) is 0.538. The molecule has 1 atom stereocenters. The van der Waals surface area contributed by atoms with Crippen molar-refractivity contribution in [3.63, 3.8) is 0 Å². The standard InChI is InChI=1S/C13H19Cl2NO4S/c1-8-4-11(5-9(2)10(8)3)13(17,6-12(14)15)7-16-21(18,19)20/h4-5,12,16-17H,6-7H2,1-3H3,(H,18,19,20). The van der Waals surface area contributed by atoms with Crippen molar-refractivity contribution in [1.82, 2.24) is 4.72 Å². The smallest absolute Gasteiger partial charge is 0.333 e. The van der Waals surface area contributed by atoms with E-state index >= 15 is 0 Å². The van der Waals surface area contributed by atoms with Gasteiger partial charge in [-0.05, 0) is 43.0 Å². The Morgan fingerprint density at radius 3 is 2.10 bits per heavy atom. The molecule has 5 nitrogen and oxygen atoms in total. The summed E-state index contributed by atoms with van der Waals surface area (Å²) in [7, 11) is -4.43. The highest BCUT2D eigenvalue weighted by atomic mass is 35.5. The van der Waals surface area contributed by atoms with Crippen molar-refractivity contribution in [2.75, 3.05) is 6.54 Å². The van der Waals surface area contributed by atoms with Crippen molar-refractivity contribution >= 4 is 33.5 Å². The summed E-state index contributed by atoms with van der Waals surface area (Å²) in [5.41, 5.74) is 1.86. The van der Waals surface area contributed by atoms with E-state index in [9.17, 15) is 13.5 Å². The monoisotopic (exact) mass is 355 g/mol. The molecule has 0 aliphatic rings.